The summed E-state index contributed by atoms with van der Waals surface area (Å²) in [5, 5.41) is 2.58. The standard InChI is InChI=1S/C37H31Br2N/c38-29-6-10-31(11-7-29)40(32-12-8-30(39)9-13-32)33-20-25-3-1-2-4-34(25)37(22-33)26-5-14-35-27-16-23-15-24(17-27)19-28(18-23)36(35)21-26/h1-14,20-24,27-28H,15-19H2. The minimum Gasteiger partial charge on any atom is -0.310 e. The predicted molar refractivity (Wildman–Crippen MR) is 175 cm³/mol. The number of hydrogen-bond donors (Lipinski definition) is 0. The largest absolute Gasteiger partial charge is 0.310 e. The van der Waals surface area contributed by atoms with Gasteiger partial charge in [-0.05, 0) is 149 Å². The molecule has 0 spiro atoms. The van der Waals surface area contributed by atoms with E-state index in [0.29, 0.717) is 0 Å². The van der Waals surface area contributed by atoms with Crippen LogP contribution in [0, 0.1) is 11.8 Å². The number of nitrogens with zero attached hydrogens (tertiary/aromatic N) is 1. The number of halogens is 2. The first-order valence-corrected chi connectivity index (χ1v) is 16.2. The van der Waals surface area contributed by atoms with E-state index in [2.05, 4.69) is 140 Å². The maximum absolute atomic E-state index is 3.63. The van der Waals surface area contributed by atoms with Crippen molar-refractivity contribution in [3.05, 3.63) is 123 Å². The number of benzene rings is 5. The SMILES string of the molecule is Brc1ccc(N(c2ccc(Br)cc2)c2cc(-c3ccc4c(c3)C3CC5CC(CC4C5)C3)c3ccccc3c2)cc1. The highest BCUT2D eigenvalue weighted by atomic mass is 79.9. The molecule has 0 saturated heterocycles. The van der Waals surface area contributed by atoms with Crippen molar-refractivity contribution in [2.24, 2.45) is 11.8 Å². The summed E-state index contributed by atoms with van der Waals surface area (Å²) in [7, 11) is 0. The molecule has 5 aromatic carbocycles. The first-order chi connectivity index (χ1) is 19.6. The molecule has 0 aromatic heterocycles. The quantitative estimate of drug-likeness (QED) is 0.187. The van der Waals surface area contributed by atoms with E-state index in [1.54, 1.807) is 11.1 Å². The van der Waals surface area contributed by atoms with Gasteiger partial charge in [0.15, 0.2) is 0 Å². The lowest BCUT2D eigenvalue weighted by molar-refractivity contribution is 0.166. The minimum absolute atomic E-state index is 0.739. The van der Waals surface area contributed by atoms with E-state index >= 15 is 0 Å². The van der Waals surface area contributed by atoms with Gasteiger partial charge in [-0.2, -0.15) is 0 Å². The molecule has 4 aliphatic rings. The Morgan fingerprint density at radius 1 is 0.525 bits per heavy atom. The molecule has 2 saturated carbocycles. The highest BCUT2D eigenvalue weighted by Crippen LogP contribution is 2.56. The van der Waals surface area contributed by atoms with Crippen LogP contribution >= 0.6 is 31.9 Å². The molecule has 2 fully saturated rings. The average molecular weight is 649 g/mol. The normalized spacial score (nSPS) is 22.8. The maximum Gasteiger partial charge on any atom is 0.0474 e. The second-order valence-corrected chi connectivity index (χ2v) is 14.0. The van der Waals surface area contributed by atoms with Crippen LogP contribution in [0.2, 0.25) is 0 Å². The molecule has 4 bridgehead atoms. The lowest BCUT2D eigenvalue weighted by Gasteiger charge is -2.38. The van der Waals surface area contributed by atoms with Crippen molar-refractivity contribution in [2.45, 2.75) is 43.9 Å². The monoisotopic (exact) mass is 647 g/mol. The second kappa shape index (κ2) is 9.89. The predicted octanol–water partition coefficient (Wildman–Crippen LogP) is 11.9. The van der Waals surface area contributed by atoms with Crippen LogP contribution in [0.15, 0.2) is 112 Å². The molecule has 0 heterocycles. The lowest BCUT2D eigenvalue weighted by atomic mass is 9.67. The summed E-state index contributed by atoms with van der Waals surface area (Å²) in [5.74, 6) is 3.39. The van der Waals surface area contributed by atoms with Crippen molar-refractivity contribution in [2.75, 3.05) is 4.90 Å². The van der Waals surface area contributed by atoms with Crippen LogP contribution < -0.4 is 4.90 Å². The summed E-state index contributed by atoms with van der Waals surface area (Å²) >= 11 is 7.26. The van der Waals surface area contributed by atoms with Crippen LogP contribution in [0.25, 0.3) is 21.9 Å². The topological polar surface area (TPSA) is 3.24 Å². The van der Waals surface area contributed by atoms with Crippen LogP contribution in [0.1, 0.15) is 55.1 Å². The van der Waals surface area contributed by atoms with Crippen LogP contribution in [0.5, 0.6) is 0 Å². The Morgan fingerprint density at radius 2 is 1.12 bits per heavy atom. The molecule has 2 atom stereocenters. The van der Waals surface area contributed by atoms with Gasteiger partial charge in [-0.15, -0.1) is 0 Å². The Hall–Kier alpha value is -2.88. The zero-order chi connectivity index (χ0) is 26.8. The molecule has 0 amide bonds. The van der Waals surface area contributed by atoms with Gasteiger partial charge >= 0.3 is 0 Å². The van der Waals surface area contributed by atoms with Gasteiger partial charge < -0.3 is 4.90 Å². The highest BCUT2D eigenvalue weighted by Gasteiger charge is 2.42. The molecule has 198 valence electrons. The van der Waals surface area contributed by atoms with E-state index in [1.807, 2.05) is 0 Å². The lowest BCUT2D eigenvalue weighted by Crippen LogP contribution is -2.25. The average Bonchev–Trinajstić information content (AvgIpc) is 3.14. The third-order valence-corrected chi connectivity index (χ3v) is 10.7. The van der Waals surface area contributed by atoms with Gasteiger partial charge in [0.1, 0.15) is 0 Å². The summed E-state index contributed by atoms with van der Waals surface area (Å²) in [6, 6.07) is 38.4. The van der Waals surface area contributed by atoms with Crippen LogP contribution in [-0.2, 0) is 0 Å². The zero-order valence-corrected chi connectivity index (χ0v) is 25.5. The van der Waals surface area contributed by atoms with Crippen molar-refractivity contribution in [3.63, 3.8) is 0 Å². The number of hydrogen-bond acceptors (Lipinski definition) is 1. The van der Waals surface area contributed by atoms with Gasteiger partial charge in [-0.25, -0.2) is 0 Å². The summed E-state index contributed by atoms with van der Waals surface area (Å²) < 4.78 is 2.16. The van der Waals surface area contributed by atoms with E-state index in [-0.39, 0.29) is 0 Å². The molecule has 2 unspecified atom stereocenters. The minimum atomic E-state index is 0.739. The fourth-order valence-electron chi connectivity index (χ4n) is 8.12. The molecule has 5 aromatic rings. The van der Waals surface area contributed by atoms with E-state index in [0.717, 1.165) is 44.0 Å². The Kier molecular flexibility index (Phi) is 6.15. The molecule has 1 nitrogen and oxygen atoms in total. The number of rotatable bonds is 4. The van der Waals surface area contributed by atoms with E-state index < -0.39 is 0 Å². The van der Waals surface area contributed by atoms with E-state index in [9.17, 15) is 0 Å². The molecular weight excluding hydrogens is 618 g/mol. The fourth-order valence-corrected chi connectivity index (χ4v) is 8.65. The number of fused-ring (bicyclic) bond motifs is 1. The van der Waals surface area contributed by atoms with Crippen molar-refractivity contribution in [1.29, 1.82) is 0 Å². The van der Waals surface area contributed by atoms with Crippen molar-refractivity contribution in [1.82, 2.24) is 0 Å². The second-order valence-electron chi connectivity index (χ2n) is 12.2. The molecule has 0 radical (unpaired) electrons. The molecule has 40 heavy (non-hydrogen) atoms. The van der Waals surface area contributed by atoms with E-state index in [4.69, 9.17) is 0 Å². The van der Waals surface area contributed by atoms with Crippen molar-refractivity contribution in [3.8, 4) is 11.1 Å². The van der Waals surface area contributed by atoms with Crippen LogP contribution in [0.3, 0.4) is 0 Å². The first kappa shape index (κ1) is 24.9. The summed E-state index contributed by atoms with van der Waals surface area (Å²) in [4.78, 5) is 2.37. The zero-order valence-electron chi connectivity index (χ0n) is 22.4. The number of anilines is 3. The summed E-state index contributed by atoms with van der Waals surface area (Å²) in [6.07, 6.45) is 7.08. The van der Waals surface area contributed by atoms with Gasteiger partial charge in [0.2, 0.25) is 0 Å². The Morgan fingerprint density at radius 3 is 1.77 bits per heavy atom. The van der Waals surface area contributed by atoms with Crippen LogP contribution in [-0.4, -0.2) is 0 Å². The summed E-state index contributed by atoms with van der Waals surface area (Å²) in [6.45, 7) is 0. The molecule has 4 aliphatic carbocycles. The van der Waals surface area contributed by atoms with Crippen LogP contribution in [0.4, 0.5) is 17.1 Å². The van der Waals surface area contributed by atoms with Gasteiger partial charge in [0, 0.05) is 26.0 Å². The van der Waals surface area contributed by atoms with Gasteiger partial charge in [-0.3, -0.25) is 0 Å². The molecule has 3 heteroatoms. The Bertz CT molecular complexity index is 1660. The molecule has 9 rings (SSSR count). The van der Waals surface area contributed by atoms with Gasteiger partial charge in [0.05, 0.1) is 0 Å². The van der Waals surface area contributed by atoms with Crippen molar-refractivity contribution >= 4 is 59.7 Å². The maximum atomic E-state index is 3.63. The Labute approximate surface area is 253 Å². The molecular formula is C37H31Br2N. The van der Waals surface area contributed by atoms with Gasteiger partial charge in [0.25, 0.3) is 0 Å². The van der Waals surface area contributed by atoms with Crippen molar-refractivity contribution < 1.29 is 0 Å². The van der Waals surface area contributed by atoms with E-state index in [1.165, 1.54) is 59.7 Å². The summed E-state index contributed by atoms with van der Waals surface area (Å²) in [5.41, 5.74) is 9.44. The first-order valence-electron chi connectivity index (χ1n) is 14.6. The Balaban J connectivity index is 1.31. The molecule has 0 N–H and O–H groups in total. The fraction of sp³-hybridized carbons (Fsp3) is 0.243. The molecule has 0 aliphatic heterocycles. The van der Waals surface area contributed by atoms with Gasteiger partial charge in [-0.1, -0.05) is 74.3 Å². The highest BCUT2D eigenvalue weighted by molar-refractivity contribution is 9.10. The third-order valence-electron chi connectivity index (χ3n) is 9.69. The smallest absolute Gasteiger partial charge is 0.0474 e. The third kappa shape index (κ3) is 4.33.